The summed E-state index contributed by atoms with van der Waals surface area (Å²) in [6.45, 7) is 6.45. The lowest BCUT2D eigenvalue weighted by Crippen LogP contribution is -2.29. The topological polar surface area (TPSA) is 82.4 Å². The monoisotopic (exact) mass is 395 g/mol. The molecule has 0 unspecified atom stereocenters. The summed E-state index contributed by atoms with van der Waals surface area (Å²) >= 11 is 0. The van der Waals surface area contributed by atoms with Crippen molar-refractivity contribution in [3.63, 3.8) is 0 Å². The van der Waals surface area contributed by atoms with E-state index in [9.17, 15) is 9.59 Å². The third-order valence-corrected chi connectivity index (χ3v) is 4.46. The van der Waals surface area contributed by atoms with Gasteiger partial charge in [0.1, 0.15) is 12.4 Å². The van der Waals surface area contributed by atoms with E-state index in [1.165, 1.54) is 4.68 Å². The van der Waals surface area contributed by atoms with Crippen LogP contribution in [0.3, 0.4) is 0 Å². The molecule has 3 rings (SSSR count). The molecule has 0 aliphatic carbocycles. The van der Waals surface area contributed by atoms with E-state index in [0.29, 0.717) is 35.4 Å². The number of hydrogen-bond donors (Lipinski definition) is 1. The Morgan fingerprint density at radius 1 is 1.14 bits per heavy atom. The number of aryl methyl sites for hydroxylation is 1. The third-order valence-electron chi connectivity index (χ3n) is 4.46. The Balaban J connectivity index is 2.01. The number of carbonyl (C=O) groups excluding carboxylic acids is 1. The maximum Gasteiger partial charge on any atom is 0.276 e. The van der Waals surface area contributed by atoms with Crippen LogP contribution in [0, 0.1) is 6.92 Å². The van der Waals surface area contributed by atoms with Gasteiger partial charge in [0.2, 0.25) is 0 Å². The van der Waals surface area contributed by atoms with Crippen LogP contribution in [-0.4, -0.2) is 36.0 Å². The second-order valence-corrected chi connectivity index (χ2v) is 7.03. The first-order chi connectivity index (χ1) is 13.9. The molecule has 7 nitrogen and oxygen atoms in total. The largest absolute Gasteiger partial charge is 0.489 e. The van der Waals surface area contributed by atoms with E-state index in [2.05, 4.69) is 10.4 Å². The van der Waals surface area contributed by atoms with Gasteiger partial charge in [-0.15, -0.1) is 0 Å². The molecule has 0 radical (unpaired) electrons. The second kappa shape index (κ2) is 8.87. The molecular weight excluding hydrogens is 370 g/mol. The van der Waals surface area contributed by atoms with Crippen LogP contribution in [0.4, 0.5) is 5.69 Å². The SMILES string of the molecule is COCCOc1cc(C)ccc1NC(=O)c1nn(C(C)C)c(=O)c2ccccc12. The Hall–Kier alpha value is -3.19. The number of nitrogens with zero attached hydrogens (tertiary/aromatic N) is 2. The summed E-state index contributed by atoms with van der Waals surface area (Å²) in [4.78, 5) is 25.8. The molecule has 0 spiro atoms. The van der Waals surface area contributed by atoms with E-state index in [-0.39, 0.29) is 17.3 Å². The molecule has 0 aliphatic rings. The lowest BCUT2D eigenvalue weighted by atomic mass is 10.1. The van der Waals surface area contributed by atoms with Gasteiger partial charge < -0.3 is 14.8 Å². The highest BCUT2D eigenvalue weighted by Gasteiger charge is 2.19. The van der Waals surface area contributed by atoms with Gasteiger partial charge in [-0.2, -0.15) is 5.10 Å². The van der Waals surface area contributed by atoms with Crippen molar-refractivity contribution in [1.82, 2.24) is 9.78 Å². The molecule has 0 aliphatic heterocycles. The van der Waals surface area contributed by atoms with Gasteiger partial charge in [0.15, 0.2) is 5.69 Å². The van der Waals surface area contributed by atoms with Gasteiger partial charge in [0.05, 0.1) is 23.7 Å². The van der Waals surface area contributed by atoms with Crippen LogP contribution in [0.1, 0.15) is 35.9 Å². The normalized spacial score (nSPS) is 11.1. The van der Waals surface area contributed by atoms with Gasteiger partial charge in [-0.25, -0.2) is 4.68 Å². The molecule has 1 amide bonds. The lowest BCUT2D eigenvalue weighted by Gasteiger charge is -2.15. The summed E-state index contributed by atoms with van der Waals surface area (Å²) < 4.78 is 12.1. The molecule has 0 saturated heterocycles. The van der Waals surface area contributed by atoms with Crippen LogP contribution in [0.15, 0.2) is 47.3 Å². The highest BCUT2D eigenvalue weighted by Crippen LogP contribution is 2.27. The number of amides is 1. The number of anilines is 1. The van der Waals surface area contributed by atoms with E-state index >= 15 is 0 Å². The van der Waals surface area contributed by atoms with Crippen LogP contribution < -0.4 is 15.6 Å². The molecule has 1 aromatic heterocycles. The number of aromatic nitrogens is 2. The van der Waals surface area contributed by atoms with Gasteiger partial charge in [-0.3, -0.25) is 9.59 Å². The Labute approximate surface area is 169 Å². The molecule has 2 aromatic carbocycles. The van der Waals surface area contributed by atoms with Crippen LogP contribution in [0.2, 0.25) is 0 Å². The van der Waals surface area contributed by atoms with Crippen LogP contribution in [0.25, 0.3) is 10.8 Å². The summed E-state index contributed by atoms with van der Waals surface area (Å²) in [7, 11) is 1.60. The van der Waals surface area contributed by atoms with Gasteiger partial charge in [-0.05, 0) is 44.5 Å². The fraction of sp³-hybridized carbons (Fsp3) is 0.318. The number of carbonyl (C=O) groups is 1. The molecule has 0 fully saturated rings. The molecule has 3 aromatic rings. The zero-order valence-corrected chi connectivity index (χ0v) is 17.1. The summed E-state index contributed by atoms with van der Waals surface area (Å²) in [5.74, 6) is 0.146. The van der Waals surface area contributed by atoms with Crippen molar-refractivity contribution in [3.05, 3.63) is 64.1 Å². The third kappa shape index (κ3) is 4.46. The van der Waals surface area contributed by atoms with E-state index in [1.807, 2.05) is 32.9 Å². The molecule has 0 saturated carbocycles. The van der Waals surface area contributed by atoms with Gasteiger partial charge in [0, 0.05) is 12.5 Å². The Morgan fingerprint density at radius 3 is 2.55 bits per heavy atom. The minimum atomic E-state index is -0.406. The van der Waals surface area contributed by atoms with E-state index in [0.717, 1.165) is 5.56 Å². The number of benzene rings is 2. The van der Waals surface area contributed by atoms with Crippen molar-refractivity contribution >= 4 is 22.4 Å². The molecule has 7 heteroatoms. The molecule has 0 bridgehead atoms. The first-order valence-electron chi connectivity index (χ1n) is 9.47. The fourth-order valence-corrected chi connectivity index (χ4v) is 2.99. The predicted octanol–water partition coefficient (Wildman–Crippen LogP) is 3.56. The number of fused-ring (bicyclic) bond motifs is 1. The lowest BCUT2D eigenvalue weighted by molar-refractivity contribution is 0.102. The summed E-state index contributed by atoms with van der Waals surface area (Å²) in [5, 5.41) is 8.20. The van der Waals surface area contributed by atoms with Crippen molar-refractivity contribution in [2.75, 3.05) is 25.6 Å². The quantitative estimate of drug-likeness (QED) is 0.619. The second-order valence-electron chi connectivity index (χ2n) is 7.03. The molecule has 1 N–H and O–H groups in total. The van der Waals surface area contributed by atoms with Gasteiger partial charge in [-0.1, -0.05) is 24.3 Å². The van der Waals surface area contributed by atoms with Crippen molar-refractivity contribution < 1.29 is 14.3 Å². The average Bonchev–Trinajstić information content (AvgIpc) is 2.70. The maximum absolute atomic E-state index is 13.1. The number of nitrogens with one attached hydrogen (secondary N) is 1. The number of hydrogen-bond acceptors (Lipinski definition) is 5. The van der Waals surface area contributed by atoms with Gasteiger partial charge in [0.25, 0.3) is 11.5 Å². The van der Waals surface area contributed by atoms with Crippen LogP contribution in [-0.2, 0) is 4.74 Å². The molecule has 29 heavy (non-hydrogen) atoms. The smallest absolute Gasteiger partial charge is 0.276 e. The molecule has 1 heterocycles. The molecule has 0 atom stereocenters. The molecule has 152 valence electrons. The van der Waals surface area contributed by atoms with Crippen molar-refractivity contribution in [1.29, 1.82) is 0 Å². The average molecular weight is 395 g/mol. The highest BCUT2D eigenvalue weighted by atomic mass is 16.5. The van der Waals surface area contributed by atoms with Crippen molar-refractivity contribution in [2.45, 2.75) is 26.8 Å². The highest BCUT2D eigenvalue weighted by molar-refractivity contribution is 6.11. The number of rotatable bonds is 7. The fourth-order valence-electron chi connectivity index (χ4n) is 2.99. The van der Waals surface area contributed by atoms with E-state index in [4.69, 9.17) is 9.47 Å². The minimum Gasteiger partial charge on any atom is -0.489 e. The predicted molar refractivity (Wildman–Crippen MR) is 113 cm³/mol. The zero-order chi connectivity index (χ0) is 21.0. The Kier molecular flexibility index (Phi) is 6.29. The van der Waals surface area contributed by atoms with E-state index < -0.39 is 5.91 Å². The van der Waals surface area contributed by atoms with Crippen molar-refractivity contribution in [3.8, 4) is 5.75 Å². The van der Waals surface area contributed by atoms with E-state index in [1.54, 1.807) is 37.4 Å². The minimum absolute atomic E-state index is 0.175. The van der Waals surface area contributed by atoms with Crippen LogP contribution >= 0.6 is 0 Å². The Bertz CT molecular complexity index is 1090. The number of methoxy groups -OCH3 is 1. The first kappa shape index (κ1) is 20.5. The number of ether oxygens (including phenoxy) is 2. The van der Waals surface area contributed by atoms with Gasteiger partial charge >= 0.3 is 0 Å². The van der Waals surface area contributed by atoms with Crippen LogP contribution in [0.5, 0.6) is 5.75 Å². The maximum atomic E-state index is 13.1. The van der Waals surface area contributed by atoms with Crippen molar-refractivity contribution in [2.24, 2.45) is 0 Å². The zero-order valence-electron chi connectivity index (χ0n) is 17.1. The molecular formula is C22H25N3O4. The summed E-state index contributed by atoms with van der Waals surface area (Å²) in [5.41, 5.74) is 1.51. The Morgan fingerprint density at radius 2 is 1.86 bits per heavy atom. The first-order valence-corrected chi connectivity index (χ1v) is 9.47. The summed E-state index contributed by atoms with van der Waals surface area (Å²) in [6.07, 6.45) is 0. The summed E-state index contributed by atoms with van der Waals surface area (Å²) in [6, 6.07) is 12.4. The standard InChI is InChI=1S/C22H25N3O4/c1-14(2)25-22(27)17-8-6-5-7-16(17)20(24-25)21(26)23-18-10-9-15(3)13-19(18)29-12-11-28-4/h5-10,13-14H,11-12H2,1-4H3,(H,23,26).